The Kier molecular flexibility index (Phi) is 4.14. The zero-order valence-electron chi connectivity index (χ0n) is 15.9. The minimum absolute atomic E-state index is 0.103. The molecule has 1 aromatic carbocycles. The molecule has 0 unspecified atom stereocenters. The van der Waals surface area contributed by atoms with Crippen molar-refractivity contribution >= 4 is 12.0 Å². The summed E-state index contributed by atoms with van der Waals surface area (Å²) in [6.07, 6.45) is 3.84. The largest absolute Gasteiger partial charge is 0.450 e. The molecule has 2 aliphatic carbocycles. The van der Waals surface area contributed by atoms with Crippen molar-refractivity contribution in [1.29, 1.82) is 0 Å². The Hall–Kier alpha value is -2.04. The average molecular weight is 368 g/mol. The second-order valence-corrected chi connectivity index (χ2v) is 8.84. The molecule has 2 saturated heterocycles. The van der Waals surface area contributed by atoms with Gasteiger partial charge >= 0.3 is 6.09 Å². The lowest BCUT2D eigenvalue weighted by Crippen LogP contribution is -2.43. The molecule has 0 spiro atoms. The molecule has 4 aliphatic rings. The van der Waals surface area contributed by atoms with Crippen LogP contribution in [0.25, 0.3) is 0 Å². The Balaban J connectivity index is 1.20. The van der Waals surface area contributed by atoms with Crippen molar-refractivity contribution in [1.82, 2.24) is 10.2 Å². The van der Waals surface area contributed by atoms with Gasteiger partial charge in [-0.1, -0.05) is 18.2 Å². The van der Waals surface area contributed by atoms with Crippen molar-refractivity contribution in [2.45, 2.75) is 44.4 Å². The molecular formula is C22H28N2O3. The standard InChI is InChI=1S/C22H28N2O3/c1-13-9-15(14-4-5-14)6-7-17(13)20-18-11-24(12-19(18)20)21(25)16-3-2-8-27-22(26)23-10-16/h6-7,9,14,16,18-20H,2-5,8,10-12H2,1H3,(H,23,26)/t16-,18-,19+,20+/m1/s1. The Morgan fingerprint density at radius 1 is 1.19 bits per heavy atom. The van der Waals surface area contributed by atoms with Crippen LogP contribution in [0.4, 0.5) is 4.79 Å². The number of ether oxygens (including phenoxy) is 1. The number of likely N-dealkylation sites (tertiary alicyclic amines) is 1. The van der Waals surface area contributed by atoms with Crippen LogP contribution in [0, 0.1) is 24.7 Å². The lowest BCUT2D eigenvalue weighted by molar-refractivity contribution is -0.135. The summed E-state index contributed by atoms with van der Waals surface area (Å²) in [5.41, 5.74) is 4.44. The zero-order valence-corrected chi connectivity index (χ0v) is 15.9. The normalized spacial score (nSPS) is 32.8. The summed E-state index contributed by atoms with van der Waals surface area (Å²) in [4.78, 5) is 26.4. The molecule has 1 aromatic rings. The van der Waals surface area contributed by atoms with Crippen LogP contribution in [-0.4, -0.2) is 43.1 Å². The highest BCUT2D eigenvalue weighted by atomic mass is 16.5. The summed E-state index contributed by atoms with van der Waals surface area (Å²) in [5.74, 6) is 2.78. The van der Waals surface area contributed by atoms with Crippen molar-refractivity contribution in [3.8, 4) is 0 Å². The van der Waals surface area contributed by atoms with E-state index in [0.29, 0.717) is 30.9 Å². The molecule has 0 bridgehead atoms. The minimum Gasteiger partial charge on any atom is -0.450 e. The highest BCUT2D eigenvalue weighted by molar-refractivity contribution is 5.80. The molecule has 2 saturated carbocycles. The van der Waals surface area contributed by atoms with Gasteiger partial charge in [0.25, 0.3) is 0 Å². The van der Waals surface area contributed by atoms with E-state index in [-0.39, 0.29) is 11.8 Å². The highest BCUT2D eigenvalue weighted by Crippen LogP contribution is 2.59. The molecule has 5 nitrogen and oxygen atoms in total. The molecular weight excluding hydrogens is 340 g/mol. The quantitative estimate of drug-likeness (QED) is 0.891. The number of rotatable bonds is 3. The monoisotopic (exact) mass is 368 g/mol. The first kappa shape index (κ1) is 17.1. The summed E-state index contributed by atoms with van der Waals surface area (Å²) in [5, 5.41) is 2.71. The topological polar surface area (TPSA) is 58.6 Å². The number of hydrogen-bond donors (Lipinski definition) is 1. The zero-order chi connectivity index (χ0) is 18.5. The number of hydrogen-bond acceptors (Lipinski definition) is 3. The van der Waals surface area contributed by atoms with Crippen LogP contribution in [0.5, 0.6) is 0 Å². The first-order valence-electron chi connectivity index (χ1n) is 10.4. The smallest absolute Gasteiger partial charge is 0.407 e. The lowest BCUT2D eigenvalue weighted by Gasteiger charge is -2.27. The van der Waals surface area contributed by atoms with Crippen LogP contribution in [0.1, 0.15) is 54.2 Å². The Morgan fingerprint density at radius 2 is 1.96 bits per heavy atom. The Bertz CT molecular complexity index is 761. The van der Waals surface area contributed by atoms with Gasteiger partial charge in [-0.15, -0.1) is 0 Å². The Labute approximate surface area is 160 Å². The molecule has 27 heavy (non-hydrogen) atoms. The van der Waals surface area contributed by atoms with Gasteiger partial charge in [0, 0.05) is 19.6 Å². The number of benzene rings is 1. The third-order valence-electron chi connectivity index (χ3n) is 6.98. The third kappa shape index (κ3) is 3.21. The van der Waals surface area contributed by atoms with Crippen molar-refractivity contribution < 1.29 is 14.3 Å². The number of alkyl carbamates (subject to hydrolysis) is 1. The number of carbonyl (C=O) groups excluding carboxylic acids is 2. The van der Waals surface area contributed by atoms with Crippen LogP contribution in [0.15, 0.2) is 18.2 Å². The van der Waals surface area contributed by atoms with E-state index in [9.17, 15) is 9.59 Å². The molecule has 5 heteroatoms. The van der Waals surface area contributed by atoms with Gasteiger partial charge in [0.15, 0.2) is 0 Å². The van der Waals surface area contributed by atoms with Crippen LogP contribution in [0.2, 0.25) is 0 Å². The molecule has 2 aliphatic heterocycles. The Morgan fingerprint density at radius 3 is 2.67 bits per heavy atom. The maximum Gasteiger partial charge on any atom is 0.407 e. The van der Waals surface area contributed by atoms with E-state index in [0.717, 1.165) is 31.8 Å². The number of piperidine rings is 1. The molecule has 5 rings (SSSR count). The van der Waals surface area contributed by atoms with Crippen molar-refractivity contribution in [2.75, 3.05) is 26.2 Å². The van der Waals surface area contributed by atoms with Crippen molar-refractivity contribution in [3.05, 3.63) is 34.9 Å². The molecule has 2 amide bonds. The van der Waals surface area contributed by atoms with E-state index in [2.05, 4.69) is 30.4 Å². The van der Waals surface area contributed by atoms with Crippen molar-refractivity contribution in [3.63, 3.8) is 0 Å². The molecule has 2 heterocycles. The minimum atomic E-state index is -0.401. The van der Waals surface area contributed by atoms with E-state index in [4.69, 9.17) is 4.74 Å². The van der Waals surface area contributed by atoms with E-state index in [1.54, 1.807) is 0 Å². The number of cyclic esters (lactones) is 1. The molecule has 4 fully saturated rings. The fourth-order valence-electron chi connectivity index (χ4n) is 5.23. The van der Waals surface area contributed by atoms with Gasteiger partial charge in [0.05, 0.1) is 12.5 Å². The van der Waals surface area contributed by atoms with Crippen LogP contribution >= 0.6 is 0 Å². The molecule has 0 radical (unpaired) electrons. The first-order valence-corrected chi connectivity index (χ1v) is 10.4. The predicted molar refractivity (Wildman–Crippen MR) is 102 cm³/mol. The average Bonchev–Trinajstić information content (AvgIpc) is 3.55. The van der Waals surface area contributed by atoms with E-state index >= 15 is 0 Å². The molecule has 4 atom stereocenters. The maximum absolute atomic E-state index is 12.9. The van der Waals surface area contributed by atoms with Gasteiger partial charge in [-0.3, -0.25) is 4.79 Å². The van der Waals surface area contributed by atoms with E-state index in [1.165, 1.54) is 29.5 Å². The van der Waals surface area contributed by atoms with Gasteiger partial charge in [0.1, 0.15) is 0 Å². The van der Waals surface area contributed by atoms with E-state index in [1.807, 2.05) is 4.90 Å². The summed E-state index contributed by atoms with van der Waals surface area (Å²) in [6, 6.07) is 7.07. The number of nitrogens with zero attached hydrogens (tertiary/aromatic N) is 1. The van der Waals surface area contributed by atoms with Crippen molar-refractivity contribution in [2.24, 2.45) is 17.8 Å². The number of amides is 2. The van der Waals surface area contributed by atoms with Crippen LogP contribution in [0.3, 0.4) is 0 Å². The predicted octanol–water partition coefficient (Wildman–Crippen LogP) is 3.18. The number of fused-ring (bicyclic) bond motifs is 1. The molecule has 0 aromatic heterocycles. The van der Waals surface area contributed by atoms with E-state index < -0.39 is 6.09 Å². The third-order valence-corrected chi connectivity index (χ3v) is 6.98. The van der Waals surface area contributed by atoms with Gasteiger partial charge in [-0.05, 0) is 73.0 Å². The summed E-state index contributed by atoms with van der Waals surface area (Å²) in [6.45, 7) is 4.79. The summed E-state index contributed by atoms with van der Waals surface area (Å²) >= 11 is 0. The maximum atomic E-state index is 12.9. The fraction of sp³-hybridized carbons (Fsp3) is 0.636. The van der Waals surface area contributed by atoms with Gasteiger partial charge in [0.2, 0.25) is 5.91 Å². The number of carbonyl (C=O) groups is 2. The number of nitrogens with one attached hydrogen (secondary N) is 1. The SMILES string of the molecule is Cc1cc(C2CC2)ccc1[C@H]1[C@@H]2CN(C(=O)[C@@H]3CCCOC(=O)NC3)C[C@@H]21. The van der Waals surface area contributed by atoms with Gasteiger partial charge in [-0.25, -0.2) is 4.79 Å². The second-order valence-electron chi connectivity index (χ2n) is 8.84. The van der Waals surface area contributed by atoms with Gasteiger partial charge < -0.3 is 15.0 Å². The van der Waals surface area contributed by atoms with Crippen LogP contribution < -0.4 is 5.32 Å². The van der Waals surface area contributed by atoms with Gasteiger partial charge in [-0.2, -0.15) is 0 Å². The molecule has 144 valence electrons. The fourth-order valence-corrected chi connectivity index (χ4v) is 5.23. The number of aryl methyl sites for hydroxylation is 1. The van der Waals surface area contributed by atoms with Crippen LogP contribution in [-0.2, 0) is 9.53 Å². The highest BCUT2D eigenvalue weighted by Gasteiger charge is 2.57. The summed E-state index contributed by atoms with van der Waals surface area (Å²) in [7, 11) is 0. The summed E-state index contributed by atoms with van der Waals surface area (Å²) < 4.78 is 4.99. The lowest BCUT2D eigenvalue weighted by atomic mass is 9.96. The second kappa shape index (κ2) is 6.54. The molecule has 1 N–H and O–H groups in total. The first-order chi connectivity index (χ1) is 13.1.